The summed E-state index contributed by atoms with van der Waals surface area (Å²) < 4.78 is 10.9. The molecular weight excluding hydrogens is 340 g/mol. The van der Waals surface area contributed by atoms with E-state index in [0.29, 0.717) is 6.04 Å². The summed E-state index contributed by atoms with van der Waals surface area (Å²) in [5, 5.41) is 11.8. The van der Waals surface area contributed by atoms with E-state index in [9.17, 15) is 0 Å². The topological polar surface area (TPSA) is 67.2 Å². The molecule has 4 rings (SSSR count). The van der Waals surface area contributed by atoms with Crippen LogP contribution in [0, 0.1) is 0 Å². The molecule has 1 aliphatic heterocycles. The Labute approximate surface area is 159 Å². The van der Waals surface area contributed by atoms with Crippen LogP contribution in [0.25, 0.3) is 11.3 Å². The number of nitrogens with one attached hydrogen (secondary N) is 1. The molecule has 0 radical (unpaired) electrons. The molecule has 1 saturated heterocycles. The predicted molar refractivity (Wildman–Crippen MR) is 103 cm³/mol. The lowest BCUT2D eigenvalue weighted by Crippen LogP contribution is -2.23. The van der Waals surface area contributed by atoms with Crippen LogP contribution in [0.1, 0.15) is 49.2 Å². The van der Waals surface area contributed by atoms with E-state index in [0.717, 1.165) is 60.8 Å². The Balaban J connectivity index is 1.54. The first-order chi connectivity index (χ1) is 13.3. The molecule has 0 unspecified atom stereocenters. The molecule has 142 valence electrons. The summed E-state index contributed by atoms with van der Waals surface area (Å²) in [7, 11) is 1.69. The van der Waals surface area contributed by atoms with Crippen LogP contribution < -0.4 is 4.74 Å². The summed E-state index contributed by atoms with van der Waals surface area (Å²) >= 11 is 0. The van der Waals surface area contributed by atoms with Crippen LogP contribution in [-0.4, -0.2) is 33.9 Å². The van der Waals surface area contributed by atoms with E-state index in [-0.39, 0.29) is 0 Å². The Morgan fingerprint density at radius 3 is 3.11 bits per heavy atom. The number of aryl methyl sites for hydroxylation is 1. The lowest BCUT2D eigenvalue weighted by Gasteiger charge is -2.22. The average molecular weight is 366 g/mol. The number of nitrogens with zero attached hydrogens (tertiary/aromatic N) is 3. The van der Waals surface area contributed by atoms with Gasteiger partial charge in [0.1, 0.15) is 17.2 Å². The SMILES string of the molecule is CCCc1cc([C@@H]2CCCN2Cc2cn[nH]c2-c2cccc(OC)c2)no1. The van der Waals surface area contributed by atoms with E-state index in [1.54, 1.807) is 7.11 Å². The van der Waals surface area contributed by atoms with Gasteiger partial charge in [0.2, 0.25) is 0 Å². The van der Waals surface area contributed by atoms with E-state index in [1.807, 2.05) is 24.4 Å². The molecule has 1 N–H and O–H groups in total. The fourth-order valence-electron chi connectivity index (χ4n) is 3.88. The van der Waals surface area contributed by atoms with Crippen molar-refractivity contribution in [3.05, 3.63) is 53.5 Å². The zero-order valence-electron chi connectivity index (χ0n) is 15.9. The highest BCUT2D eigenvalue weighted by Crippen LogP contribution is 2.34. The van der Waals surface area contributed by atoms with E-state index < -0.39 is 0 Å². The molecule has 1 fully saturated rings. The van der Waals surface area contributed by atoms with Crippen molar-refractivity contribution in [1.82, 2.24) is 20.3 Å². The number of ether oxygens (including phenoxy) is 1. The molecule has 3 heterocycles. The van der Waals surface area contributed by atoms with Gasteiger partial charge >= 0.3 is 0 Å². The van der Waals surface area contributed by atoms with Crippen LogP contribution in [0.15, 0.2) is 41.1 Å². The molecule has 27 heavy (non-hydrogen) atoms. The normalized spacial score (nSPS) is 17.5. The van der Waals surface area contributed by atoms with Crippen molar-refractivity contribution in [2.24, 2.45) is 0 Å². The smallest absolute Gasteiger partial charge is 0.137 e. The van der Waals surface area contributed by atoms with E-state index >= 15 is 0 Å². The van der Waals surface area contributed by atoms with Crippen molar-refractivity contribution in [3.63, 3.8) is 0 Å². The van der Waals surface area contributed by atoms with Crippen molar-refractivity contribution in [2.45, 2.75) is 45.2 Å². The molecule has 0 amide bonds. The molecule has 0 bridgehead atoms. The number of H-pyrrole nitrogens is 1. The Bertz CT molecular complexity index is 886. The summed E-state index contributed by atoms with van der Waals surface area (Å²) in [6.07, 6.45) is 6.23. The minimum absolute atomic E-state index is 0.312. The van der Waals surface area contributed by atoms with Gasteiger partial charge in [0, 0.05) is 30.2 Å². The van der Waals surface area contributed by atoms with Gasteiger partial charge in [0.15, 0.2) is 0 Å². The van der Waals surface area contributed by atoms with Crippen molar-refractivity contribution < 1.29 is 9.26 Å². The monoisotopic (exact) mass is 366 g/mol. The summed E-state index contributed by atoms with van der Waals surface area (Å²) in [4.78, 5) is 2.47. The highest BCUT2D eigenvalue weighted by molar-refractivity contribution is 5.64. The number of methoxy groups -OCH3 is 1. The van der Waals surface area contributed by atoms with Gasteiger partial charge in [0.05, 0.1) is 25.0 Å². The molecular formula is C21H26N4O2. The first-order valence-corrected chi connectivity index (χ1v) is 9.64. The molecule has 6 nitrogen and oxygen atoms in total. The van der Waals surface area contributed by atoms with Crippen LogP contribution in [-0.2, 0) is 13.0 Å². The van der Waals surface area contributed by atoms with Crippen molar-refractivity contribution >= 4 is 0 Å². The molecule has 0 saturated carbocycles. The van der Waals surface area contributed by atoms with Gasteiger partial charge in [0.25, 0.3) is 0 Å². The maximum Gasteiger partial charge on any atom is 0.137 e. The number of aromatic nitrogens is 3. The Morgan fingerprint density at radius 1 is 1.33 bits per heavy atom. The molecule has 1 aromatic carbocycles. The minimum atomic E-state index is 0.312. The van der Waals surface area contributed by atoms with Crippen LogP contribution in [0.3, 0.4) is 0 Å². The zero-order valence-corrected chi connectivity index (χ0v) is 15.9. The quantitative estimate of drug-likeness (QED) is 0.673. The third-order valence-corrected chi connectivity index (χ3v) is 5.23. The molecule has 6 heteroatoms. The Kier molecular flexibility index (Phi) is 5.25. The highest BCUT2D eigenvalue weighted by atomic mass is 16.5. The summed E-state index contributed by atoms with van der Waals surface area (Å²) in [5.41, 5.74) is 4.38. The number of aromatic amines is 1. The predicted octanol–water partition coefficient (Wildman–Crippen LogP) is 4.36. The van der Waals surface area contributed by atoms with Crippen molar-refractivity contribution in [3.8, 4) is 17.0 Å². The Morgan fingerprint density at radius 2 is 2.26 bits per heavy atom. The van der Waals surface area contributed by atoms with E-state index in [1.165, 1.54) is 12.0 Å². The maximum absolute atomic E-state index is 5.51. The van der Waals surface area contributed by atoms with Gasteiger partial charge < -0.3 is 9.26 Å². The lowest BCUT2D eigenvalue weighted by molar-refractivity contribution is 0.236. The van der Waals surface area contributed by atoms with Crippen LogP contribution in [0.2, 0.25) is 0 Å². The second-order valence-electron chi connectivity index (χ2n) is 7.10. The average Bonchev–Trinajstić information content (AvgIpc) is 3.43. The second kappa shape index (κ2) is 7.96. The largest absolute Gasteiger partial charge is 0.497 e. The number of benzene rings is 1. The summed E-state index contributed by atoms with van der Waals surface area (Å²) in [5.74, 6) is 1.83. The first-order valence-electron chi connectivity index (χ1n) is 9.64. The van der Waals surface area contributed by atoms with Gasteiger partial charge in [-0.3, -0.25) is 10.00 Å². The van der Waals surface area contributed by atoms with Gasteiger partial charge in [-0.05, 0) is 37.9 Å². The molecule has 1 atom stereocenters. The zero-order chi connectivity index (χ0) is 18.6. The maximum atomic E-state index is 5.51. The Hall–Kier alpha value is -2.60. The van der Waals surface area contributed by atoms with Crippen LogP contribution >= 0.6 is 0 Å². The summed E-state index contributed by atoms with van der Waals surface area (Å²) in [6.45, 7) is 4.05. The molecule has 3 aromatic rings. The van der Waals surface area contributed by atoms with Gasteiger partial charge in [-0.1, -0.05) is 24.2 Å². The fraction of sp³-hybridized carbons (Fsp3) is 0.429. The van der Waals surface area contributed by atoms with Crippen molar-refractivity contribution in [1.29, 1.82) is 0 Å². The van der Waals surface area contributed by atoms with Gasteiger partial charge in [-0.25, -0.2) is 0 Å². The standard InChI is InChI=1S/C21H26N4O2/c1-3-6-18-12-19(24-27-18)20-9-5-10-25(20)14-16-13-22-23-21(16)15-7-4-8-17(11-15)26-2/h4,7-8,11-13,20H,3,5-6,9-10,14H2,1-2H3,(H,22,23)/t20-/m0/s1. The van der Waals surface area contributed by atoms with Crippen molar-refractivity contribution in [2.75, 3.05) is 13.7 Å². The number of likely N-dealkylation sites (tertiary alicyclic amines) is 1. The lowest BCUT2D eigenvalue weighted by atomic mass is 10.1. The van der Waals surface area contributed by atoms with Crippen LogP contribution in [0.5, 0.6) is 5.75 Å². The molecule has 1 aliphatic rings. The van der Waals surface area contributed by atoms with E-state index in [2.05, 4.69) is 39.3 Å². The highest BCUT2D eigenvalue weighted by Gasteiger charge is 2.29. The number of rotatable bonds is 7. The number of hydrogen-bond acceptors (Lipinski definition) is 5. The van der Waals surface area contributed by atoms with E-state index in [4.69, 9.17) is 9.26 Å². The molecule has 0 spiro atoms. The molecule has 2 aromatic heterocycles. The van der Waals surface area contributed by atoms with Gasteiger partial charge in [-0.15, -0.1) is 0 Å². The first kappa shape index (κ1) is 17.8. The molecule has 0 aliphatic carbocycles. The fourth-order valence-corrected chi connectivity index (χ4v) is 3.88. The number of hydrogen-bond donors (Lipinski definition) is 1. The third-order valence-electron chi connectivity index (χ3n) is 5.23. The van der Waals surface area contributed by atoms with Gasteiger partial charge in [-0.2, -0.15) is 5.10 Å². The minimum Gasteiger partial charge on any atom is -0.497 e. The second-order valence-corrected chi connectivity index (χ2v) is 7.10. The third kappa shape index (κ3) is 3.76. The van der Waals surface area contributed by atoms with Crippen LogP contribution in [0.4, 0.5) is 0 Å². The summed E-state index contributed by atoms with van der Waals surface area (Å²) in [6, 6.07) is 10.5.